The van der Waals surface area contributed by atoms with Gasteiger partial charge in [-0.25, -0.2) is 0 Å². The molecular weight excluding hydrogens is 270 g/mol. The van der Waals surface area contributed by atoms with Gasteiger partial charge in [0.2, 0.25) is 0 Å². The maximum absolute atomic E-state index is 12.1. The predicted octanol–water partition coefficient (Wildman–Crippen LogP) is 5.15. The van der Waals surface area contributed by atoms with Crippen LogP contribution in [-0.2, 0) is 6.42 Å². The van der Waals surface area contributed by atoms with Gasteiger partial charge in [-0.1, -0.05) is 70.2 Å². The van der Waals surface area contributed by atoms with Gasteiger partial charge in [-0.3, -0.25) is 4.79 Å². The van der Waals surface area contributed by atoms with Gasteiger partial charge in [-0.05, 0) is 22.6 Å². The van der Waals surface area contributed by atoms with Gasteiger partial charge < -0.3 is 4.98 Å². The van der Waals surface area contributed by atoms with E-state index in [1.807, 2.05) is 64.1 Å². The molecule has 4 rings (SSSR count). The molecule has 0 unspecified atom stereocenters. The second-order valence-corrected chi connectivity index (χ2v) is 4.69. The maximum atomic E-state index is 12.1. The van der Waals surface area contributed by atoms with Crippen LogP contribution in [-0.4, -0.2) is 4.98 Å². The van der Waals surface area contributed by atoms with E-state index < -0.39 is 0 Å². The van der Waals surface area contributed by atoms with Crippen LogP contribution in [0.25, 0.3) is 22.0 Å². The molecule has 1 N–H and O–H groups in total. The van der Waals surface area contributed by atoms with Crippen molar-refractivity contribution in [1.29, 1.82) is 0 Å². The Labute approximate surface area is 131 Å². The monoisotopic (exact) mass is 293 g/mol. The fourth-order valence-electron chi connectivity index (χ4n) is 2.86. The zero-order valence-electron chi connectivity index (χ0n) is 13.7. The first-order valence-corrected chi connectivity index (χ1v) is 8.07. The number of aromatic amines is 1. The van der Waals surface area contributed by atoms with Crippen molar-refractivity contribution in [1.82, 2.24) is 4.98 Å². The summed E-state index contributed by atoms with van der Waals surface area (Å²) in [7, 11) is 0. The highest BCUT2D eigenvalue weighted by molar-refractivity contribution is 5.92. The third-order valence-electron chi connectivity index (χ3n) is 3.69. The van der Waals surface area contributed by atoms with Gasteiger partial charge in [-0.2, -0.15) is 0 Å². The van der Waals surface area contributed by atoms with E-state index >= 15 is 0 Å². The van der Waals surface area contributed by atoms with E-state index in [4.69, 9.17) is 0 Å². The highest BCUT2D eigenvalue weighted by Crippen LogP contribution is 2.37. The van der Waals surface area contributed by atoms with E-state index in [9.17, 15) is 4.79 Å². The third-order valence-corrected chi connectivity index (χ3v) is 3.69. The van der Waals surface area contributed by atoms with Crippen LogP contribution < -0.4 is 5.56 Å². The lowest BCUT2D eigenvalue weighted by Gasteiger charge is -2.04. The molecule has 3 aromatic rings. The van der Waals surface area contributed by atoms with Gasteiger partial charge in [0, 0.05) is 17.4 Å². The van der Waals surface area contributed by atoms with Crippen LogP contribution in [0.2, 0.25) is 0 Å². The summed E-state index contributed by atoms with van der Waals surface area (Å²) >= 11 is 0. The molecule has 0 spiro atoms. The first kappa shape index (κ1) is 16.0. The van der Waals surface area contributed by atoms with E-state index in [0.717, 1.165) is 28.5 Å². The first-order valence-electron chi connectivity index (χ1n) is 8.07. The summed E-state index contributed by atoms with van der Waals surface area (Å²) in [6.45, 7) is 8.00. The predicted molar refractivity (Wildman–Crippen MR) is 95.5 cm³/mol. The summed E-state index contributed by atoms with van der Waals surface area (Å²) in [4.78, 5) is 15.1. The molecule has 0 fully saturated rings. The number of aromatic nitrogens is 1. The van der Waals surface area contributed by atoms with Crippen molar-refractivity contribution >= 4 is 10.8 Å². The maximum Gasteiger partial charge on any atom is 0.256 e. The lowest BCUT2D eigenvalue weighted by atomic mass is 10.0. The number of H-pyrrole nitrogens is 1. The van der Waals surface area contributed by atoms with Gasteiger partial charge in [0.25, 0.3) is 5.56 Å². The minimum Gasteiger partial charge on any atom is -0.321 e. The Balaban J connectivity index is 0.000000410. The number of fused-ring (bicyclic) bond motifs is 5. The Kier molecular flexibility index (Phi) is 5.16. The van der Waals surface area contributed by atoms with E-state index in [1.54, 1.807) is 0 Å². The van der Waals surface area contributed by atoms with E-state index in [-0.39, 0.29) is 5.56 Å². The number of hydrogen-bond donors (Lipinski definition) is 1. The zero-order chi connectivity index (χ0) is 16.1. The van der Waals surface area contributed by atoms with Gasteiger partial charge in [0.15, 0.2) is 0 Å². The van der Waals surface area contributed by atoms with Crippen molar-refractivity contribution in [3.8, 4) is 11.3 Å². The van der Waals surface area contributed by atoms with Crippen LogP contribution in [0.5, 0.6) is 0 Å². The molecular formula is C20H23NO. The smallest absolute Gasteiger partial charge is 0.256 e. The normalized spacial score (nSPS) is 10.7. The van der Waals surface area contributed by atoms with Gasteiger partial charge in [-0.15, -0.1) is 0 Å². The van der Waals surface area contributed by atoms with Crippen LogP contribution >= 0.6 is 0 Å². The molecule has 1 aliphatic carbocycles. The SMILES string of the molecule is CC.CC.O=c1[nH]c2c(c3ccccc13)Cc1ccccc1-2. The van der Waals surface area contributed by atoms with E-state index in [2.05, 4.69) is 17.1 Å². The van der Waals surface area contributed by atoms with Gasteiger partial charge in [0.1, 0.15) is 0 Å². The summed E-state index contributed by atoms with van der Waals surface area (Å²) in [6, 6.07) is 16.1. The van der Waals surface area contributed by atoms with Crippen LogP contribution in [0.15, 0.2) is 53.3 Å². The van der Waals surface area contributed by atoms with E-state index in [0.29, 0.717) is 0 Å². The zero-order valence-corrected chi connectivity index (χ0v) is 13.7. The van der Waals surface area contributed by atoms with Crippen molar-refractivity contribution in [2.75, 3.05) is 0 Å². The Hall–Kier alpha value is -2.35. The minimum absolute atomic E-state index is 0.000975. The lowest BCUT2D eigenvalue weighted by molar-refractivity contribution is 1.23. The number of hydrogen-bond acceptors (Lipinski definition) is 1. The summed E-state index contributed by atoms with van der Waals surface area (Å²) in [5.41, 5.74) is 4.69. The van der Waals surface area contributed by atoms with Crippen molar-refractivity contribution < 1.29 is 0 Å². The second kappa shape index (κ2) is 7.08. The Bertz CT molecular complexity index is 830. The van der Waals surface area contributed by atoms with Crippen LogP contribution in [0.1, 0.15) is 38.8 Å². The molecule has 1 aromatic heterocycles. The van der Waals surface area contributed by atoms with Gasteiger partial charge >= 0.3 is 0 Å². The highest BCUT2D eigenvalue weighted by Gasteiger charge is 2.21. The number of nitrogens with one attached hydrogen (secondary N) is 1. The van der Waals surface area contributed by atoms with Crippen molar-refractivity contribution in [3.05, 3.63) is 70.0 Å². The minimum atomic E-state index is 0.000975. The number of benzene rings is 2. The topological polar surface area (TPSA) is 32.9 Å². The molecule has 0 saturated heterocycles. The van der Waals surface area contributed by atoms with Crippen LogP contribution in [0, 0.1) is 0 Å². The molecule has 2 aromatic carbocycles. The molecule has 0 atom stereocenters. The summed E-state index contributed by atoms with van der Waals surface area (Å²) in [6.07, 6.45) is 0.906. The molecule has 0 saturated carbocycles. The number of rotatable bonds is 0. The molecule has 0 bridgehead atoms. The lowest BCUT2D eigenvalue weighted by Crippen LogP contribution is -2.08. The molecule has 1 aliphatic rings. The second-order valence-electron chi connectivity index (χ2n) is 4.69. The number of pyridine rings is 1. The molecule has 2 heteroatoms. The van der Waals surface area contributed by atoms with Crippen molar-refractivity contribution in [2.45, 2.75) is 34.1 Å². The Morgan fingerprint density at radius 3 is 2.14 bits per heavy atom. The van der Waals surface area contributed by atoms with Crippen molar-refractivity contribution in [3.63, 3.8) is 0 Å². The fourth-order valence-corrected chi connectivity index (χ4v) is 2.86. The molecule has 0 radical (unpaired) electrons. The summed E-state index contributed by atoms with van der Waals surface area (Å²) < 4.78 is 0. The van der Waals surface area contributed by atoms with Crippen LogP contribution in [0.3, 0.4) is 0 Å². The largest absolute Gasteiger partial charge is 0.321 e. The fraction of sp³-hybridized carbons (Fsp3) is 0.250. The molecule has 2 nitrogen and oxygen atoms in total. The molecule has 0 amide bonds. The standard InChI is InChI=1S/C16H11NO.2C2H6/c18-16-13-8-4-3-7-12(13)14-9-10-5-1-2-6-11(10)15(14)17-16;2*1-2/h1-8H,9H2,(H,17,18);2*1-2H3. The van der Waals surface area contributed by atoms with Crippen LogP contribution in [0.4, 0.5) is 0 Å². The van der Waals surface area contributed by atoms with E-state index in [1.165, 1.54) is 11.1 Å². The molecule has 22 heavy (non-hydrogen) atoms. The molecule has 114 valence electrons. The van der Waals surface area contributed by atoms with Crippen molar-refractivity contribution in [2.24, 2.45) is 0 Å². The third kappa shape index (κ3) is 2.57. The Morgan fingerprint density at radius 2 is 1.41 bits per heavy atom. The quantitative estimate of drug-likeness (QED) is 0.477. The highest BCUT2D eigenvalue weighted by atomic mass is 16.1. The van der Waals surface area contributed by atoms with Gasteiger partial charge in [0.05, 0.1) is 5.69 Å². The molecule has 0 aliphatic heterocycles. The Morgan fingerprint density at radius 1 is 0.818 bits per heavy atom. The first-order chi connectivity index (χ1) is 10.8. The summed E-state index contributed by atoms with van der Waals surface area (Å²) in [5.74, 6) is 0. The average molecular weight is 293 g/mol. The summed E-state index contributed by atoms with van der Waals surface area (Å²) in [5, 5.41) is 1.86. The molecule has 1 heterocycles. The average Bonchev–Trinajstić information content (AvgIpc) is 2.98.